The van der Waals surface area contributed by atoms with E-state index in [9.17, 15) is 19.2 Å². The summed E-state index contributed by atoms with van der Waals surface area (Å²) in [6.07, 6.45) is 5.44. The number of nitrogens with one attached hydrogen (secondary N) is 4. The number of fused-ring (bicyclic) bond motifs is 2. The number of alkyl carbamates (subject to hydrolysis) is 2. The first-order valence-corrected chi connectivity index (χ1v) is 19.1. The number of methoxy groups -OCH3 is 2. The zero-order valence-electron chi connectivity index (χ0n) is 32.5. The van der Waals surface area contributed by atoms with Gasteiger partial charge in [-0.15, -0.1) is 0 Å². The fourth-order valence-corrected chi connectivity index (χ4v) is 7.70. The number of benzene rings is 2. The quantitative estimate of drug-likeness (QED) is 0.129. The van der Waals surface area contributed by atoms with Gasteiger partial charge in [-0.25, -0.2) is 29.5 Å². The third-order valence-corrected chi connectivity index (χ3v) is 10.7. The third-order valence-electron chi connectivity index (χ3n) is 10.7. The molecule has 3 aromatic heterocycles. The largest absolute Gasteiger partial charge is 0.453 e. The van der Waals surface area contributed by atoms with E-state index in [0.29, 0.717) is 24.7 Å². The number of carbonyl (C=O) groups is 4. The fourth-order valence-electron chi connectivity index (χ4n) is 7.70. The van der Waals surface area contributed by atoms with Gasteiger partial charge in [-0.2, -0.15) is 0 Å². The highest BCUT2D eigenvalue weighted by Crippen LogP contribution is 2.35. The van der Waals surface area contributed by atoms with Crippen molar-refractivity contribution in [1.29, 1.82) is 0 Å². The molecule has 294 valence electrons. The van der Waals surface area contributed by atoms with Crippen LogP contribution in [0.25, 0.3) is 44.6 Å². The number of amides is 4. The molecule has 5 heterocycles. The maximum absolute atomic E-state index is 13.6. The lowest BCUT2D eigenvalue weighted by Crippen LogP contribution is -2.51. The first kappa shape index (κ1) is 38.2. The molecule has 2 aliphatic heterocycles. The Labute approximate surface area is 324 Å². The first-order valence-electron chi connectivity index (χ1n) is 19.1. The van der Waals surface area contributed by atoms with Gasteiger partial charge in [-0.3, -0.25) is 9.59 Å². The fraction of sp³-hybridized carbons (Fsp3) is 0.450. The average molecular weight is 765 g/mol. The number of aromatic nitrogens is 6. The van der Waals surface area contributed by atoms with Crippen LogP contribution < -0.4 is 10.6 Å². The Balaban J connectivity index is 1.08. The summed E-state index contributed by atoms with van der Waals surface area (Å²) in [4.78, 5) is 80.8. The summed E-state index contributed by atoms with van der Waals surface area (Å²) in [5, 5.41) is 5.38. The van der Waals surface area contributed by atoms with E-state index in [-0.39, 0.29) is 35.7 Å². The van der Waals surface area contributed by atoms with Crippen LogP contribution in [0.5, 0.6) is 0 Å². The molecular formula is C40H48N10O6. The number of likely N-dealkylation sites (tertiary alicyclic amines) is 2. The summed E-state index contributed by atoms with van der Waals surface area (Å²) >= 11 is 0. The van der Waals surface area contributed by atoms with Crippen LogP contribution in [-0.4, -0.2) is 103 Å². The number of carbonyl (C=O) groups excluding carboxylic acids is 4. The van der Waals surface area contributed by atoms with Crippen LogP contribution >= 0.6 is 0 Å². The number of hydrogen-bond acceptors (Lipinski definition) is 10. The van der Waals surface area contributed by atoms with E-state index in [4.69, 9.17) is 19.4 Å². The molecule has 0 radical (unpaired) electrons. The van der Waals surface area contributed by atoms with Gasteiger partial charge in [0.1, 0.15) is 23.7 Å². The van der Waals surface area contributed by atoms with Crippen molar-refractivity contribution in [2.75, 3.05) is 27.3 Å². The molecule has 2 aliphatic rings. The molecule has 2 aromatic carbocycles. The SMILES string of the molecule is COC(=O)NC(C(=O)N1CCC[C@H]1c1ncc(-c2ccc3nc4cc(-c5cnc([C@@H]6CCCN6C(=O)[C@@H](NC(=O)OC)C(C)C)[nH]5)ccc4nc3c2)[nH]1)C(C)C. The number of nitrogens with zero attached hydrogens (tertiary/aromatic N) is 6. The van der Waals surface area contributed by atoms with Crippen LogP contribution in [0.4, 0.5) is 9.59 Å². The van der Waals surface area contributed by atoms with Gasteiger partial charge < -0.3 is 39.9 Å². The molecule has 4 atom stereocenters. The molecule has 56 heavy (non-hydrogen) atoms. The minimum Gasteiger partial charge on any atom is -0.453 e. The van der Waals surface area contributed by atoms with Gasteiger partial charge in [0.25, 0.3) is 0 Å². The van der Waals surface area contributed by atoms with E-state index in [0.717, 1.165) is 70.3 Å². The normalized spacial score (nSPS) is 18.1. The summed E-state index contributed by atoms with van der Waals surface area (Å²) in [7, 11) is 2.57. The van der Waals surface area contributed by atoms with Crippen molar-refractivity contribution in [3.63, 3.8) is 0 Å². The predicted octanol–water partition coefficient (Wildman–Crippen LogP) is 5.65. The predicted molar refractivity (Wildman–Crippen MR) is 208 cm³/mol. The van der Waals surface area contributed by atoms with Crippen molar-refractivity contribution < 1.29 is 28.7 Å². The maximum atomic E-state index is 13.6. The highest BCUT2D eigenvalue weighted by atomic mass is 16.5. The molecule has 2 fully saturated rings. The van der Waals surface area contributed by atoms with Crippen LogP contribution in [-0.2, 0) is 19.1 Å². The van der Waals surface area contributed by atoms with Gasteiger partial charge in [0.05, 0.1) is 72.2 Å². The minimum atomic E-state index is -0.707. The van der Waals surface area contributed by atoms with Crippen LogP contribution in [0.1, 0.15) is 77.1 Å². The van der Waals surface area contributed by atoms with E-state index in [2.05, 4.69) is 30.6 Å². The Hall–Kier alpha value is -6.06. The number of rotatable bonds is 10. The van der Waals surface area contributed by atoms with Gasteiger partial charge >= 0.3 is 12.2 Å². The first-order chi connectivity index (χ1) is 26.9. The molecule has 0 bridgehead atoms. The number of imidazole rings is 2. The van der Waals surface area contributed by atoms with Gasteiger partial charge in [-0.05, 0) is 61.8 Å². The summed E-state index contributed by atoms with van der Waals surface area (Å²) in [6.45, 7) is 8.71. The third kappa shape index (κ3) is 7.59. The van der Waals surface area contributed by atoms with E-state index in [1.807, 2.05) is 64.1 Å². The zero-order chi connectivity index (χ0) is 39.7. The van der Waals surface area contributed by atoms with Crippen molar-refractivity contribution >= 4 is 46.1 Å². The van der Waals surface area contributed by atoms with E-state index in [1.54, 1.807) is 22.2 Å². The van der Waals surface area contributed by atoms with E-state index >= 15 is 0 Å². The molecule has 4 N–H and O–H groups in total. The second-order valence-electron chi connectivity index (χ2n) is 15.1. The molecule has 0 aliphatic carbocycles. The summed E-state index contributed by atoms with van der Waals surface area (Å²) in [5.41, 5.74) is 6.27. The number of H-pyrrole nitrogens is 2. The standard InChI is InChI=1S/C40H48N10O6/c1-21(2)33(47-39(53)55-5)37(51)49-15-7-9-31(49)35-41-19-29(45-35)23-11-13-25-27(17-23)43-26-14-12-24(18-28(26)44-25)30-20-42-36(46-30)32-10-8-16-50(32)38(52)34(22(3)4)48-40(54)56-6/h11-14,17-22,31-34H,7-10,15-16H2,1-6H3,(H,41,45)(H,42,46)(H,47,53)(H,48,54)/t31-,32-,33-,34?/m0/s1. The highest BCUT2D eigenvalue weighted by Gasteiger charge is 2.39. The van der Waals surface area contributed by atoms with Crippen molar-refractivity contribution in [1.82, 2.24) is 50.3 Å². The second kappa shape index (κ2) is 16.0. The lowest BCUT2D eigenvalue weighted by atomic mass is 10.0. The molecule has 2 saturated heterocycles. The average Bonchev–Trinajstić information content (AvgIpc) is 4.03. The van der Waals surface area contributed by atoms with Gasteiger partial charge in [0, 0.05) is 24.2 Å². The van der Waals surface area contributed by atoms with Crippen LogP contribution in [0.15, 0.2) is 48.8 Å². The Kier molecular flexibility index (Phi) is 10.9. The molecule has 16 heteroatoms. The molecule has 0 spiro atoms. The lowest BCUT2D eigenvalue weighted by molar-refractivity contribution is -0.136. The van der Waals surface area contributed by atoms with Crippen molar-refractivity contribution in [3.8, 4) is 22.5 Å². The molecular weight excluding hydrogens is 717 g/mol. The molecule has 5 aromatic rings. The maximum Gasteiger partial charge on any atom is 0.407 e. The molecule has 0 saturated carbocycles. The molecule has 4 amide bonds. The van der Waals surface area contributed by atoms with Crippen molar-refractivity contribution in [3.05, 3.63) is 60.4 Å². The smallest absolute Gasteiger partial charge is 0.407 e. The lowest BCUT2D eigenvalue weighted by Gasteiger charge is -2.30. The van der Waals surface area contributed by atoms with Crippen molar-refractivity contribution in [2.45, 2.75) is 77.5 Å². The van der Waals surface area contributed by atoms with Gasteiger partial charge in [0.2, 0.25) is 11.8 Å². The summed E-state index contributed by atoms with van der Waals surface area (Å²) in [5.74, 6) is 0.816. The monoisotopic (exact) mass is 764 g/mol. The van der Waals surface area contributed by atoms with Crippen molar-refractivity contribution in [2.24, 2.45) is 11.8 Å². The number of aromatic amines is 2. The Morgan fingerprint density at radius 1 is 0.661 bits per heavy atom. The zero-order valence-corrected chi connectivity index (χ0v) is 32.5. The second-order valence-corrected chi connectivity index (χ2v) is 15.1. The Morgan fingerprint density at radius 3 is 1.45 bits per heavy atom. The molecule has 7 rings (SSSR count). The van der Waals surface area contributed by atoms with Gasteiger partial charge in [-0.1, -0.05) is 39.8 Å². The van der Waals surface area contributed by atoms with Crippen LogP contribution in [0.2, 0.25) is 0 Å². The van der Waals surface area contributed by atoms with Crippen LogP contribution in [0, 0.1) is 11.8 Å². The van der Waals surface area contributed by atoms with E-state index < -0.39 is 24.3 Å². The molecule has 1 unspecified atom stereocenters. The van der Waals surface area contributed by atoms with E-state index in [1.165, 1.54) is 14.2 Å². The summed E-state index contributed by atoms with van der Waals surface area (Å²) in [6, 6.07) is 9.85. The van der Waals surface area contributed by atoms with Crippen LogP contribution in [0.3, 0.4) is 0 Å². The summed E-state index contributed by atoms with van der Waals surface area (Å²) < 4.78 is 9.52. The topological polar surface area (TPSA) is 200 Å². The minimum absolute atomic E-state index is 0.121. The van der Waals surface area contributed by atoms with Gasteiger partial charge in [0.15, 0.2) is 0 Å². The Morgan fingerprint density at radius 2 is 1.07 bits per heavy atom. The highest BCUT2D eigenvalue weighted by molar-refractivity contribution is 5.91. The Bertz CT molecular complexity index is 2110. The molecule has 16 nitrogen and oxygen atoms in total. The number of ether oxygens (including phenoxy) is 2. The number of hydrogen-bond donors (Lipinski definition) is 4.